The number of ether oxygens (including phenoxy) is 1. The third kappa shape index (κ3) is 3.66. The van der Waals surface area contributed by atoms with Crippen molar-refractivity contribution in [2.45, 2.75) is 33.1 Å². The van der Waals surface area contributed by atoms with Crippen LogP contribution in [0.4, 0.5) is 0 Å². The lowest BCUT2D eigenvalue weighted by atomic mass is 10.1. The molecule has 0 N–H and O–H groups in total. The first kappa shape index (κ1) is 14.2. The van der Waals surface area contributed by atoms with Gasteiger partial charge in [0, 0.05) is 6.42 Å². The van der Waals surface area contributed by atoms with Gasteiger partial charge >= 0.3 is 5.97 Å². The molecule has 0 aliphatic rings. The number of carbonyl (C=O) groups excluding carboxylic acids is 1. The van der Waals surface area contributed by atoms with Crippen LogP contribution in [0.2, 0.25) is 0 Å². The van der Waals surface area contributed by atoms with Crippen LogP contribution < -0.4 is 0 Å². The van der Waals surface area contributed by atoms with Gasteiger partial charge in [0.25, 0.3) is 0 Å². The van der Waals surface area contributed by atoms with Crippen molar-refractivity contribution in [3.63, 3.8) is 0 Å². The number of aromatic nitrogens is 3. The lowest BCUT2D eigenvalue weighted by molar-refractivity contribution is -0.143. The molecule has 0 saturated carbocycles. The smallest absolute Gasteiger partial charge is 0.306 e. The van der Waals surface area contributed by atoms with Gasteiger partial charge in [0.1, 0.15) is 0 Å². The van der Waals surface area contributed by atoms with E-state index < -0.39 is 0 Å². The summed E-state index contributed by atoms with van der Waals surface area (Å²) >= 11 is 0. The van der Waals surface area contributed by atoms with Crippen LogP contribution in [0.15, 0.2) is 30.5 Å². The molecule has 0 amide bonds. The van der Waals surface area contributed by atoms with Gasteiger partial charge < -0.3 is 4.74 Å². The third-order valence-corrected chi connectivity index (χ3v) is 3.04. The number of rotatable bonds is 6. The van der Waals surface area contributed by atoms with Gasteiger partial charge in [-0.15, -0.1) is 5.10 Å². The lowest BCUT2D eigenvalue weighted by Crippen LogP contribution is -2.05. The predicted octanol–water partition coefficient (Wildman–Crippen LogP) is 2.33. The molecule has 0 bridgehead atoms. The molecule has 5 nitrogen and oxygen atoms in total. The number of aryl methyl sites for hydroxylation is 2. The minimum absolute atomic E-state index is 0.200. The molecule has 0 aliphatic heterocycles. The molecule has 1 aromatic carbocycles. The maximum absolute atomic E-state index is 11.3. The van der Waals surface area contributed by atoms with Crippen molar-refractivity contribution in [2.75, 3.05) is 6.61 Å². The van der Waals surface area contributed by atoms with Crippen LogP contribution in [0, 0.1) is 0 Å². The highest BCUT2D eigenvalue weighted by atomic mass is 16.5. The second-order valence-corrected chi connectivity index (χ2v) is 4.48. The molecule has 0 aliphatic carbocycles. The van der Waals surface area contributed by atoms with Gasteiger partial charge in [0.2, 0.25) is 0 Å². The zero-order chi connectivity index (χ0) is 14.4. The Hall–Kier alpha value is -2.17. The molecule has 0 atom stereocenters. The van der Waals surface area contributed by atoms with E-state index in [1.807, 2.05) is 18.3 Å². The summed E-state index contributed by atoms with van der Waals surface area (Å²) in [4.78, 5) is 11.3. The molecule has 0 radical (unpaired) electrons. The Morgan fingerprint density at radius 2 is 2.00 bits per heavy atom. The third-order valence-electron chi connectivity index (χ3n) is 3.04. The van der Waals surface area contributed by atoms with E-state index in [0.717, 1.165) is 17.8 Å². The first-order chi connectivity index (χ1) is 9.72. The summed E-state index contributed by atoms with van der Waals surface area (Å²) in [6.45, 7) is 4.33. The maximum Gasteiger partial charge on any atom is 0.306 e. The number of carbonyl (C=O) groups is 1. The van der Waals surface area contributed by atoms with Gasteiger partial charge in [-0.25, -0.2) is 4.68 Å². The summed E-state index contributed by atoms with van der Waals surface area (Å²) in [6, 6.07) is 8.19. The summed E-state index contributed by atoms with van der Waals surface area (Å²) in [6.07, 6.45) is 3.75. The number of hydrogen-bond donors (Lipinski definition) is 0. The van der Waals surface area contributed by atoms with Gasteiger partial charge in [-0.3, -0.25) is 4.79 Å². The first-order valence-electron chi connectivity index (χ1n) is 6.89. The van der Waals surface area contributed by atoms with Crippen molar-refractivity contribution >= 4 is 5.97 Å². The van der Waals surface area contributed by atoms with Crippen molar-refractivity contribution in [2.24, 2.45) is 0 Å². The molecule has 1 aromatic heterocycles. The van der Waals surface area contributed by atoms with E-state index >= 15 is 0 Å². The fourth-order valence-electron chi connectivity index (χ4n) is 1.89. The average Bonchev–Trinajstić information content (AvgIpc) is 2.94. The van der Waals surface area contributed by atoms with Crippen molar-refractivity contribution in [3.8, 4) is 5.69 Å². The second-order valence-electron chi connectivity index (χ2n) is 4.48. The van der Waals surface area contributed by atoms with E-state index in [2.05, 4.69) is 29.4 Å². The first-order valence-corrected chi connectivity index (χ1v) is 6.89. The maximum atomic E-state index is 11.3. The van der Waals surface area contributed by atoms with Gasteiger partial charge in [0.05, 0.1) is 30.6 Å². The fourth-order valence-corrected chi connectivity index (χ4v) is 1.89. The summed E-state index contributed by atoms with van der Waals surface area (Å²) in [5.41, 5.74) is 3.05. The SMILES string of the molecule is CCOC(=O)CCc1cn(-c2ccc(CC)cc2)nn1. The molecule has 0 fully saturated rings. The van der Waals surface area contributed by atoms with Crippen LogP contribution in [-0.2, 0) is 22.4 Å². The Bertz CT molecular complexity index is 561. The van der Waals surface area contributed by atoms with Crippen LogP contribution in [0.5, 0.6) is 0 Å². The quantitative estimate of drug-likeness (QED) is 0.758. The minimum atomic E-state index is -0.200. The fraction of sp³-hybridized carbons (Fsp3) is 0.400. The summed E-state index contributed by atoms with van der Waals surface area (Å²) in [5.74, 6) is -0.200. The normalized spacial score (nSPS) is 10.5. The Morgan fingerprint density at radius 3 is 2.65 bits per heavy atom. The lowest BCUT2D eigenvalue weighted by Gasteiger charge is -2.01. The molecule has 2 aromatic rings. The predicted molar refractivity (Wildman–Crippen MR) is 75.7 cm³/mol. The Morgan fingerprint density at radius 1 is 1.25 bits per heavy atom. The molecule has 106 valence electrons. The van der Waals surface area contributed by atoms with Crippen molar-refractivity contribution < 1.29 is 9.53 Å². The van der Waals surface area contributed by atoms with E-state index in [4.69, 9.17) is 4.74 Å². The average molecular weight is 273 g/mol. The van der Waals surface area contributed by atoms with Crippen LogP contribution in [0.25, 0.3) is 5.69 Å². The van der Waals surface area contributed by atoms with E-state index in [1.165, 1.54) is 5.56 Å². The van der Waals surface area contributed by atoms with Crippen molar-refractivity contribution in [1.82, 2.24) is 15.0 Å². The highest BCUT2D eigenvalue weighted by Gasteiger charge is 2.07. The van der Waals surface area contributed by atoms with Crippen LogP contribution in [0.3, 0.4) is 0 Å². The number of nitrogens with zero attached hydrogens (tertiary/aromatic N) is 3. The standard InChI is InChI=1S/C15H19N3O2/c1-3-12-5-8-14(9-6-12)18-11-13(16-17-18)7-10-15(19)20-4-2/h5-6,8-9,11H,3-4,7,10H2,1-2H3. The summed E-state index contributed by atoms with van der Waals surface area (Å²) < 4.78 is 6.61. The Balaban J connectivity index is 1.99. The van der Waals surface area contributed by atoms with E-state index in [-0.39, 0.29) is 5.97 Å². The van der Waals surface area contributed by atoms with E-state index in [1.54, 1.807) is 11.6 Å². The topological polar surface area (TPSA) is 57.0 Å². The zero-order valence-electron chi connectivity index (χ0n) is 11.9. The van der Waals surface area contributed by atoms with Gasteiger partial charge in [-0.2, -0.15) is 0 Å². The van der Waals surface area contributed by atoms with Crippen LogP contribution >= 0.6 is 0 Å². The van der Waals surface area contributed by atoms with Crippen molar-refractivity contribution in [3.05, 3.63) is 41.7 Å². The Labute approximate surface area is 118 Å². The minimum Gasteiger partial charge on any atom is -0.466 e. The van der Waals surface area contributed by atoms with Gasteiger partial charge in [0.15, 0.2) is 0 Å². The molecular weight excluding hydrogens is 254 g/mol. The van der Waals surface area contributed by atoms with Crippen LogP contribution in [-0.4, -0.2) is 27.6 Å². The monoisotopic (exact) mass is 273 g/mol. The number of esters is 1. The molecule has 0 unspecified atom stereocenters. The highest BCUT2D eigenvalue weighted by Crippen LogP contribution is 2.10. The molecule has 2 rings (SSSR count). The molecule has 5 heteroatoms. The molecule has 0 saturated heterocycles. The van der Waals surface area contributed by atoms with Gasteiger partial charge in [-0.05, 0) is 31.0 Å². The highest BCUT2D eigenvalue weighted by molar-refractivity contribution is 5.69. The number of hydrogen-bond acceptors (Lipinski definition) is 4. The molecule has 20 heavy (non-hydrogen) atoms. The zero-order valence-corrected chi connectivity index (χ0v) is 11.9. The summed E-state index contributed by atoms with van der Waals surface area (Å²) in [5, 5.41) is 8.15. The largest absolute Gasteiger partial charge is 0.466 e. The Kier molecular flexibility index (Phi) is 4.87. The van der Waals surface area contributed by atoms with Crippen molar-refractivity contribution in [1.29, 1.82) is 0 Å². The molecular formula is C15H19N3O2. The van der Waals surface area contributed by atoms with Crippen LogP contribution in [0.1, 0.15) is 31.5 Å². The molecule has 1 heterocycles. The van der Waals surface area contributed by atoms with E-state index in [9.17, 15) is 4.79 Å². The van der Waals surface area contributed by atoms with E-state index in [0.29, 0.717) is 19.4 Å². The summed E-state index contributed by atoms with van der Waals surface area (Å²) in [7, 11) is 0. The number of benzene rings is 1. The molecule has 0 spiro atoms. The second kappa shape index (κ2) is 6.84. The van der Waals surface area contributed by atoms with Gasteiger partial charge in [-0.1, -0.05) is 24.3 Å².